The van der Waals surface area contributed by atoms with Crippen LogP contribution in [0.25, 0.3) is 0 Å². The van der Waals surface area contributed by atoms with Crippen LogP contribution in [0, 0.1) is 0 Å². The van der Waals surface area contributed by atoms with Crippen LogP contribution in [-0.4, -0.2) is 291 Å². The van der Waals surface area contributed by atoms with Crippen LogP contribution >= 0.6 is 0 Å². The van der Waals surface area contributed by atoms with Gasteiger partial charge >= 0.3 is 0 Å². The molecule has 0 aromatic carbocycles. The monoisotopic (exact) mass is 1420 g/mol. The highest BCUT2D eigenvalue weighted by Gasteiger charge is 2.03. The normalized spacial score (nSPS) is 11.8. The molecule has 0 heterocycles. The molecular weight excluding hydrogens is 1260 g/mol. The van der Waals surface area contributed by atoms with E-state index in [0.29, 0.717) is 277 Å². The Morgan fingerprint density at radius 2 is 0.153 bits per heavy atom. The Balaban J connectivity index is 3.09. The molecule has 22 heteroatoms. The van der Waals surface area contributed by atoms with E-state index in [4.69, 9.17) is 104 Å². The lowest BCUT2D eigenvalue weighted by Crippen LogP contribution is -2.16. The third-order valence-corrected chi connectivity index (χ3v) is 15.6. The summed E-state index contributed by atoms with van der Waals surface area (Å²) in [4.78, 5) is 0. The first kappa shape index (κ1) is 97.1. The average molecular weight is 1420 g/mol. The van der Waals surface area contributed by atoms with Crippen molar-refractivity contribution < 1.29 is 104 Å². The minimum atomic E-state index is 0.492. The van der Waals surface area contributed by atoms with Crippen LogP contribution in [0.4, 0.5) is 0 Å². The molecule has 0 spiro atoms. The van der Waals surface area contributed by atoms with Gasteiger partial charge in [0, 0.05) is 13.2 Å². The molecule has 0 rings (SSSR count). The number of hydrogen-bond acceptors (Lipinski definition) is 22. The maximum atomic E-state index is 5.72. The molecule has 590 valence electrons. The number of hydrogen-bond donors (Lipinski definition) is 0. The average Bonchev–Trinajstić information content (AvgIpc) is 3.63. The minimum absolute atomic E-state index is 0.492. The number of ether oxygens (including phenoxy) is 22. The highest BCUT2D eigenvalue weighted by molar-refractivity contribution is 4.53. The molecule has 0 saturated heterocycles. The van der Waals surface area contributed by atoms with Crippen LogP contribution in [-0.2, 0) is 104 Å². The second-order valence-corrected chi connectivity index (χ2v) is 24.4. The zero-order valence-electron chi connectivity index (χ0n) is 63.3. The summed E-state index contributed by atoms with van der Waals surface area (Å²) in [5.74, 6) is 0. The van der Waals surface area contributed by atoms with Gasteiger partial charge in [-0.3, -0.25) is 0 Å². The second-order valence-electron chi connectivity index (χ2n) is 24.4. The molecule has 0 aromatic heterocycles. The highest BCUT2D eigenvalue weighted by Crippen LogP contribution is 2.15. The first-order chi connectivity index (χ1) is 48.9. The minimum Gasteiger partial charge on any atom is -0.379 e. The van der Waals surface area contributed by atoms with Crippen molar-refractivity contribution in [2.24, 2.45) is 0 Å². The molecule has 0 radical (unpaired) electrons. The largest absolute Gasteiger partial charge is 0.379 e. The van der Waals surface area contributed by atoms with Gasteiger partial charge in [-0.25, -0.2) is 0 Å². The Morgan fingerprint density at radius 1 is 0.0816 bits per heavy atom. The lowest BCUT2D eigenvalue weighted by Gasteiger charge is -2.09. The molecule has 98 heavy (non-hydrogen) atoms. The zero-order chi connectivity index (χ0) is 69.9. The van der Waals surface area contributed by atoms with Crippen molar-refractivity contribution in [2.75, 3.05) is 291 Å². The van der Waals surface area contributed by atoms with Gasteiger partial charge in [0.15, 0.2) is 0 Å². The quantitative estimate of drug-likeness (QED) is 0.0519. The van der Waals surface area contributed by atoms with Crippen molar-refractivity contribution in [3.63, 3.8) is 0 Å². The van der Waals surface area contributed by atoms with E-state index in [1.807, 2.05) is 0 Å². The van der Waals surface area contributed by atoms with Gasteiger partial charge in [0.2, 0.25) is 0 Å². The lowest BCUT2D eigenvalue weighted by molar-refractivity contribution is -0.0317. The molecule has 0 amide bonds. The summed E-state index contributed by atoms with van der Waals surface area (Å²) in [7, 11) is 0. The standard InChI is InChI=1S/C76H154O22/c1-3-5-7-9-11-13-15-17-19-20-22-24-26-28-30-32-34-78-36-38-80-40-42-82-44-46-84-48-50-86-52-54-88-56-58-90-60-62-92-64-66-94-68-70-96-72-74-98-76-75-97-73-71-95-69-67-93-65-63-91-61-59-89-57-55-87-53-51-85-49-47-83-45-43-81-41-39-79-37-35-77-33-31-29-27-25-23-21-18-16-14-12-10-8-6-4-2/h3-76H2,1-2H3. The highest BCUT2D eigenvalue weighted by atomic mass is 16.6. The molecule has 0 aliphatic carbocycles. The van der Waals surface area contributed by atoms with Crippen molar-refractivity contribution in [3.8, 4) is 0 Å². The summed E-state index contributed by atoms with van der Waals surface area (Å²) in [6.45, 7) is 28.1. The smallest absolute Gasteiger partial charge is 0.0701 e. The van der Waals surface area contributed by atoms with Gasteiger partial charge in [-0.15, -0.1) is 0 Å². The van der Waals surface area contributed by atoms with E-state index >= 15 is 0 Å². The molecule has 0 unspecified atom stereocenters. The Hall–Kier alpha value is -0.880. The van der Waals surface area contributed by atoms with Gasteiger partial charge in [0.1, 0.15) is 0 Å². The van der Waals surface area contributed by atoms with E-state index in [9.17, 15) is 0 Å². The molecule has 22 nitrogen and oxygen atoms in total. The molecule has 0 bridgehead atoms. The number of unbranched alkanes of at least 4 members (excludes halogenated alkanes) is 28. The third kappa shape index (κ3) is 95.1. The maximum absolute atomic E-state index is 5.72. The first-order valence-electron chi connectivity index (χ1n) is 39.6. The van der Waals surface area contributed by atoms with Gasteiger partial charge in [-0.2, -0.15) is 0 Å². The fourth-order valence-electron chi connectivity index (χ4n) is 9.87. The predicted molar refractivity (Wildman–Crippen MR) is 388 cm³/mol. The van der Waals surface area contributed by atoms with Crippen LogP contribution < -0.4 is 0 Å². The molecule has 0 aliphatic rings. The Labute approximate surface area is 599 Å². The van der Waals surface area contributed by atoms with E-state index in [1.165, 1.54) is 180 Å². The van der Waals surface area contributed by atoms with Crippen LogP contribution in [0.5, 0.6) is 0 Å². The molecule has 0 N–H and O–H groups in total. The summed E-state index contributed by atoms with van der Waals surface area (Å²) < 4.78 is 123. The van der Waals surface area contributed by atoms with Crippen LogP contribution in [0.3, 0.4) is 0 Å². The van der Waals surface area contributed by atoms with Crippen LogP contribution in [0.1, 0.15) is 206 Å². The van der Waals surface area contributed by atoms with Gasteiger partial charge < -0.3 is 104 Å². The van der Waals surface area contributed by atoms with Crippen molar-refractivity contribution in [2.45, 2.75) is 206 Å². The van der Waals surface area contributed by atoms with Gasteiger partial charge in [0.25, 0.3) is 0 Å². The Kier molecular flexibility index (Phi) is 95.3. The SMILES string of the molecule is CCCCCCCCCCCCCCCCCCOCCOCCOCCOCCOCCOCCOCCOCCOCCOCCOCCOCCOCCOCCOCCOCCOCCOCCOCCOCCOCCOCCCCCCCCCCCCCCCC. The molecule has 0 fully saturated rings. The zero-order valence-corrected chi connectivity index (χ0v) is 63.3. The topological polar surface area (TPSA) is 203 Å². The predicted octanol–water partition coefficient (Wildman–Crippen LogP) is 13.1. The second kappa shape index (κ2) is 96.1. The summed E-state index contributed by atoms with van der Waals surface area (Å²) in [6, 6.07) is 0. The summed E-state index contributed by atoms with van der Waals surface area (Å²) in [5.41, 5.74) is 0. The molecule has 0 aliphatic heterocycles. The van der Waals surface area contributed by atoms with Crippen molar-refractivity contribution in [1.29, 1.82) is 0 Å². The van der Waals surface area contributed by atoms with E-state index in [1.54, 1.807) is 0 Å². The van der Waals surface area contributed by atoms with Gasteiger partial charge in [-0.05, 0) is 12.8 Å². The van der Waals surface area contributed by atoms with Gasteiger partial charge in [-0.1, -0.05) is 194 Å². The fourth-order valence-corrected chi connectivity index (χ4v) is 9.87. The van der Waals surface area contributed by atoms with Crippen LogP contribution in [0.15, 0.2) is 0 Å². The van der Waals surface area contributed by atoms with E-state index in [-0.39, 0.29) is 0 Å². The summed E-state index contributed by atoms with van der Waals surface area (Å²) in [5, 5.41) is 0. The van der Waals surface area contributed by atoms with E-state index in [2.05, 4.69) is 13.8 Å². The van der Waals surface area contributed by atoms with Crippen molar-refractivity contribution >= 4 is 0 Å². The Morgan fingerprint density at radius 3 is 0.245 bits per heavy atom. The summed E-state index contributed by atoms with van der Waals surface area (Å²) >= 11 is 0. The molecule has 0 atom stereocenters. The molecular formula is C76H154O22. The molecule has 0 saturated carbocycles. The van der Waals surface area contributed by atoms with Crippen molar-refractivity contribution in [1.82, 2.24) is 0 Å². The van der Waals surface area contributed by atoms with E-state index in [0.717, 1.165) is 26.1 Å². The summed E-state index contributed by atoms with van der Waals surface area (Å²) in [6.07, 6.45) is 41.3. The molecule has 0 aromatic rings. The third-order valence-electron chi connectivity index (χ3n) is 15.6. The van der Waals surface area contributed by atoms with Crippen molar-refractivity contribution in [3.05, 3.63) is 0 Å². The maximum Gasteiger partial charge on any atom is 0.0701 e. The van der Waals surface area contributed by atoms with Crippen LogP contribution in [0.2, 0.25) is 0 Å². The lowest BCUT2D eigenvalue weighted by atomic mass is 10.0. The Bertz CT molecular complexity index is 1240. The van der Waals surface area contributed by atoms with Gasteiger partial charge in [0.05, 0.1) is 277 Å². The fraction of sp³-hybridized carbons (Fsp3) is 1.00. The first-order valence-corrected chi connectivity index (χ1v) is 39.6. The van der Waals surface area contributed by atoms with E-state index < -0.39 is 0 Å². The number of rotatable bonds is 95.